The van der Waals surface area contributed by atoms with E-state index in [1.807, 2.05) is 38.2 Å². The van der Waals surface area contributed by atoms with E-state index in [4.69, 9.17) is 4.74 Å². The number of aliphatic hydroxyl groups is 1. The molecule has 1 N–H and O–H groups in total. The predicted molar refractivity (Wildman–Crippen MR) is 134 cm³/mol. The summed E-state index contributed by atoms with van der Waals surface area (Å²) < 4.78 is 35.2. The molecule has 186 valence electrons. The predicted octanol–water partition coefficient (Wildman–Crippen LogP) is 3.04. The lowest BCUT2D eigenvalue weighted by molar-refractivity contribution is 0.0734. The van der Waals surface area contributed by atoms with Crippen molar-refractivity contribution in [2.24, 2.45) is 5.92 Å². The molecule has 0 spiro atoms. The fourth-order valence-electron chi connectivity index (χ4n) is 4.34. The van der Waals surface area contributed by atoms with Crippen LogP contribution >= 0.6 is 0 Å². The van der Waals surface area contributed by atoms with E-state index in [1.165, 1.54) is 4.31 Å². The zero-order valence-corrected chi connectivity index (χ0v) is 21.1. The molecule has 4 rings (SSSR count). The summed E-state index contributed by atoms with van der Waals surface area (Å²) in [4.78, 5) is 10.4. The van der Waals surface area contributed by atoms with Gasteiger partial charge in [-0.2, -0.15) is 4.31 Å². The molecule has 0 amide bonds. The van der Waals surface area contributed by atoms with Crippen LogP contribution in [0.1, 0.15) is 19.4 Å². The van der Waals surface area contributed by atoms with E-state index in [0.29, 0.717) is 18.8 Å². The molecule has 3 atom stereocenters. The summed E-state index contributed by atoms with van der Waals surface area (Å²) in [5.74, 6) is 0.208. The Morgan fingerprint density at radius 3 is 2.40 bits per heavy atom. The molecule has 0 aliphatic carbocycles. The van der Waals surface area contributed by atoms with Crippen molar-refractivity contribution < 1.29 is 18.3 Å². The molecule has 1 aromatic carbocycles. The SMILES string of the molecule is C[C@H](CO)N1C[C@H](C)[C@@H](CN(C)Cc2ccncc2)Oc2cc(-c3ccncc3)ccc2S1(=O)=O. The summed E-state index contributed by atoms with van der Waals surface area (Å²) >= 11 is 0. The van der Waals surface area contributed by atoms with E-state index in [1.54, 1.807) is 49.9 Å². The molecular weight excluding hydrogens is 464 g/mol. The Morgan fingerprint density at radius 2 is 1.74 bits per heavy atom. The van der Waals surface area contributed by atoms with Gasteiger partial charge in [0.05, 0.1) is 6.61 Å². The van der Waals surface area contributed by atoms with Crippen LogP contribution in [-0.4, -0.2) is 71.6 Å². The summed E-state index contributed by atoms with van der Waals surface area (Å²) in [6, 6.07) is 12.3. The first kappa shape index (κ1) is 25.2. The monoisotopic (exact) mass is 496 g/mol. The van der Waals surface area contributed by atoms with Crippen LogP contribution in [0.2, 0.25) is 0 Å². The molecule has 0 fully saturated rings. The van der Waals surface area contributed by atoms with Crippen LogP contribution in [0.15, 0.2) is 72.1 Å². The second-order valence-corrected chi connectivity index (χ2v) is 11.0. The first-order chi connectivity index (χ1) is 16.8. The van der Waals surface area contributed by atoms with Gasteiger partial charge in [-0.05, 0) is 67.1 Å². The second kappa shape index (κ2) is 10.8. The highest BCUT2D eigenvalue weighted by atomic mass is 32.2. The van der Waals surface area contributed by atoms with Crippen molar-refractivity contribution in [3.63, 3.8) is 0 Å². The van der Waals surface area contributed by atoms with Crippen molar-refractivity contribution in [1.82, 2.24) is 19.2 Å². The Bertz CT molecular complexity index is 1220. The van der Waals surface area contributed by atoms with Gasteiger partial charge in [0.1, 0.15) is 16.7 Å². The molecule has 3 aromatic rings. The first-order valence-electron chi connectivity index (χ1n) is 11.7. The molecule has 0 saturated carbocycles. The number of likely N-dealkylation sites (N-methyl/N-ethyl adjacent to an activating group) is 1. The first-order valence-corrected chi connectivity index (χ1v) is 13.1. The van der Waals surface area contributed by atoms with Crippen molar-refractivity contribution in [2.45, 2.75) is 37.4 Å². The van der Waals surface area contributed by atoms with Gasteiger partial charge in [0.15, 0.2) is 0 Å². The van der Waals surface area contributed by atoms with Gasteiger partial charge < -0.3 is 9.84 Å². The molecule has 1 aliphatic rings. The summed E-state index contributed by atoms with van der Waals surface area (Å²) in [6.07, 6.45) is 6.68. The maximum Gasteiger partial charge on any atom is 0.247 e. The minimum Gasteiger partial charge on any atom is -0.487 e. The Balaban J connectivity index is 1.72. The van der Waals surface area contributed by atoms with Gasteiger partial charge in [0, 0.05) is 56.4 Å². The number of ether oxygens (including phenoxy) is 1. The number of hydrogen-bond donors (Lipinski definition) is 1. The highest BCUT2D eigenvalue weighted by Crippen LogP contribution is 2.36. The smallest absolute Gasteiger partial charge is 0.247 e. The maximum atomic E-state index is 13.6. The fraction of sp³-hybridized carbons (Fsp3) is 0.385. The minimum atomic E-state index is -3.87. The van der Waals surface area contributed by atoms with Crippen molar-refractivity contribution in [3.05, 3.63) is 72.8 Å². The Morgan fingerprint density at radius 1 is 1.09 bits per heavy atom. The van der Waals surface area contributed by atoms with Crippen LogP contribution in [0, 0.1) is 5.92 Å². The topological polar surface area (TPSA) is 95.9 Å². The quantitative estimate of drug-likeness (QED) is 0.537. The molecular formula is C26H32N4O4S. The Kier molecular flexibility index (Phi) is 7.81. The van der Waals surface area contributed by atoms with Crippen LogP contribution in [0.3, 0.4) is 0 Å². The molecule has 2 aromatic heterocycles. The molecule has 8 nitrogen and oxygen atoms in total. The van der Waals surface area contributed by atoms with Crippen molar-refractivity contribution >= 4 is 10.0 Å². The number of pyridine rings is 2. The Hall–Kier alpha value is -2.85. The zero-order valence-electron chi connectivity index (χ0n) is 20.3. The molecule has 0 unspecified atom stereocenters. The third-order valence-electron chi connectivity index (χ3n) is 6.37. The normalized spacial score (nSPS) is 20.9. The zero-order chi connectivity index (χ0) is 25.0. The molecule has 0 radical (unpaired) electrons. The van der Waals surface area contributed by atoms with Crippen LogP contribution < -0.4 is 4.74 Å². The average Bonchev–Trinajstić information content (AvgIpc) is 2.86. The molecule has 1 aliphatic heterocycles. The molecule has 0 bridgehead atoms. The lowest BCUT2D eigenvalue weighted by Crippen LogP contribution is -2.49. The van der Waals surface area contributed by atoms with Crippen molar-refractivity contribution in [2.75, 3.05) is 26.7 Å². The molecule has 9 heteroatoms. The van der Waals surface area contributed by atoms with Crippen LogP contribution in [0.4, 0.5) is 0 Å². The third kappa shape index (κ3) is 5.70. The minimum absolute atomic E-state index is 0.114. The molecule has 3 heterocycles. The van der Waals surface area contributed by atoms with Gasteiger partial charge in [-0.3, -0.25) is 14.9 Å². The van der Waals surface area contributed by atoms with E-state index in [9.17, 15) is 13.5 Å². The van der Waals surface area contributed by atoms with E-state index >= 15 is 0 Å². The van der Waals surface area contributed by atoms with E-state index < -0.39 is 16.1 Å². The van der Waals surface area contributed by atoms with Crippen molar-refractivity contribution in [1.29, 1.82) is 0 Å². The lowest BCUT2D eigenvalue weighted by atomic mass is 10.0. The van der Waals surface area contributed by atoms with Gasteiger partial charge in [-0.25, -0.2) is 8.42 Å². The standard InChI is InChI=1S/C26H32N4O4S/c1-19-15-30(20(2)18-31)35(32,33)26-5-4-23(22-8-12-28-13-9-22)14-24(26)34-25(19)17-29(3)16-21-6-10-27-11-7-21/h4-14,19-20,25,31H,15-18H2,1-3H3/t19-,20+,25+/m0/s1. The van der Waals surface area contributed by atoms with Gasteiger partial charge in [-0.1, -0.05) is 13.0 Å². The fourth-order valence-corrected chi connectivity index (χ4v) is 6.16. The highest BCUT2D eigenvalue weighted by molar-refractivity contribution is 7.89. The average molecular weight is 497 g/mol. The third-order valence-corrected chi connectivity index (χ3v) is 8.39. The van der Waals surface area contributed by atoms with Crippen molar-refractivity contribution in [3.8, 4) is 16.9 Å². The maximum absolute atomic E-state index is 13.6. The molecule has 35 heavy (non-hydrogen) atoms. The number of fused-ring (bicyclic) bond motifs is 1. The number of aromatic nitrogens is 2. The second-order valence-electron chi connectivity index (χ2n) is 9.19. The number of rotatable bonds is 7. The highest BCUT2D eigenvalue weighted by Gasteiger charge is 2.38. The number of nitrogens with zero attached hydrogens (tertiary/aromatic N) is 4. The van der Waals surface area contributed by atoms with Crippen LogP contribution in [-0.2, 0) is 16.6 Å². The van der Waals surface area contributed by atoms with Gasteiger partial charge in [0.2, 0.25) is 10.0 Å². The lowest BCUT2D eigenvalue weighted by Gasteiger charge is -2.37. The van der Waals surface area contributed by atoms with E-state index in [-0.39, 0.29) is 30.1 Å². The summed E-state index contributed by atoms with van der Waals surface area (Å²) in [5, 5.41) is 9.83. The number of hydrogen-bond acceptors (Lipinski definition) is 7. The van der Waals surface area contributed by atoms with Crippen LogP contribution in [0.5, 0.6) is 5.75 Å². The molecule has 0 saturated heterocycles. The largest absolute Gasteiger partial charge is 0.487 e. The van der Waals surface area contributed by atoms with Gasteiger partial charge >= 0.3 is 0 Å². The van der Waals surface area contributed by atoms with Gasteiger partial charge in [-0.15, -0.1) is 0 Å². The summed E-state index contributed by atoms with van der Waals surface area (Å²) in [5.41, 5.74) is 2.91. The van der Waals surface area contributed by atoms with Gasteiger partial charge in [0.25, 0.3) is 0 Å². The van der Waals surface area contributed by atoms with Crippen LogP contribution in [0.25, 0.3) is 11.1 Å². The van der Waals surface area contributed by atoms with E-state index in [2.05, 4.69) is 14.9 Å². The summed E-state index contributed by atoms with van der Waals surface area (Å²) in [6.45, 7) is 5.03. The summed E-state index contributed by atoms with van der Waals surface area (Å²) in [7, 11) is -1.85. The number of aliphatic hydroxyl groups excluding tert-OH is 1. The number of sulfonamides is 1. The number of benzene rings is 1. The Labute approximate surface area is 207 Å². The van der Waals surface area contributed by atoms with E-state index in [0.717, 1.165) is 16.7 Å².